The van der Waals surface area contributed by atoms with Gasteiger partial charge in [-0.3, -0.25) is 4.79 Å². The molecule has 4 heteroatoms. The van der Waals surface area contributed by atoms with Crippen molar-refractivity contribution in [3.8, 4) is 0 Å². The highest BCUT2D eigenvalue weighted by Gasteiger charge is 2.41. The number of aliphatic carboxylic acids is 1. The van der Waals surface area contributed by atoms with Crippen molar-refractivity contribution in [2.45, 2.75) is 78.6 Å². The predicted molar refractivity (Wildman–Crippen MR) is 108 cm³/mol. The Morgan fingerprint density at radius 2 is 1.96 bits per heavy atom. The van der Waals surface area contributed by atoms with E-state index in [2.05, 4.69) is 64.7 Å². The highest BCUT2D eigenvalue weighted by atomic mass is 28.4. The molecule has 0 heterocycles. The van der Waals surface area contributed by atoms with Crippen LogP contribution < -0.4 is 0 Å². The van der Waals surface area contributed by atoms with Crippen LogP contribution in [0.4, 0.5) is 0 Å². The van der Waals surface area contributed by atoms with Crippen molar-refractivity contribution < 1.29 is 14.3 Å². The topological polar surface area (TPSA) is 46.5 Å². The lowest BCUT2D eigenvalue weighted by atomic mass is 9.86. The second kappa shape index (κ2) is 10.3. The van der Waals surface area contributed by atoms with Crippen LogP contribution in [0.2, 0.25) is 19.6 Å². The number of allylic oxidation sites excluding steroid dienone is 3. The molecule has 1 N–H and O–H groups in total. The molecule has 0 aromatic carbocycles. The molecule has 144 valence electrons. The van der Waals surface area contributed by atoms with Gasteiger partial charge in [-0.05, 0) is 63.1 Å². The SMILES string of the molecule is CC(C)C=C[C@@H]1C(C/C=C\CCCC(=O)O)[C@@H](C)C[C@H]1O[Si](C)(C)C. The fourth-order valence-corrected chi connectivity index (χ4v) is 4.84. The molecular weight excluding hydrogens is 328 g/mol. The zero-order chi connectivity index (χ0) is 19.0. The van der Waals surface area contributed by atoms with Crippen LogP contribution in [-0.2, 0) is 9.22 Å². The van der Waals surface area contributed by atoms with Gasteiger partial charge in [0.1, 0.15) is 0 Å². The zero-order valence-electron chi connectivity index (χ0n) is 17.0. The molecule has 0 spiro atoms. The highest BCUT2D eigenvalue weighted by molar-refractivity contribution is 6.69. The first-order valence-corrected chi connectivity index (χ1v) is 13.2. The van der Waals surface area contributed by atoms with Crippen LogP contribution in [-0.4, -0.2) is 25.5 Å². The molecule has 1 fully saturated rings. The number of unbranched alkanes of at least 4 members (excludes halogenated alkanes) is 1. The average Bonchev–Trinajstić information content (AvgIpc) is 2.73. The molecule has 1 aliphatic rings. The summed E-state index contributed by atoms with van der Waals surface area (Å²) in [7, 11) is -1.55. The van der Waals surface area contributed by atoms with Crippen LogP contribution in [0.15, 0.2) is 24.3 Å². The summed E-state index contributed by atoms with van der Waals surface area (Å²) >= 11 is 0. The van der Waals surface area contributed by atoms with Crippen molar-refractivity contribution >= 4 is 14.3 Å². The Labute approximate surface area is 155 Å². The first kappa shape index (κ1) is 22.2. The Balaban J connectivity index is 2.69. The molecule has 0 aliphatic heterocycles. The third-order valence-electron chi connectivity index (χ3n) is 4.82. The summed E-state index contributed by atoms with van der Waals surface area (Å²) in [5.74, 6) is 1.63. The minimum atomic E-state index is -1.55. The lowest BCUT2D eigenvalue weighted by Crippen LogP contribution is -2.34. The van der Waals surface area contributed by atoms with Gasteiger partial charge in [0.25, 0.3) is 0 Å². The summed E-state index contributed by atoms with van der Waals surface area (Å²) in [6.45, 7) is 13.6. The number of rotatable bonds is 10. The Bertz CT molecular complexity index is 462. The van der Waals surface area contributed by atoms with Crippen molar-refractivity contribution in [1.82, 2.24) is 0 Å². The van der Waals surface area contributed by atoms with Crippen molar-refractivity contribution in [1.29, 1.82) is 0 Å². The summed E-state index contributed by atoms with van der Waals surface area (Å²) in [6, 6.07) is 0. The van der Waals surface area contributed by atoms with Gasteiger partial charge in [0.2, 0.25) is 0 Å². The first-order valence-electron chi connectivity index (χ1n) is 9.83. The smallest absolute Gasteiger partial charge is 0.303 e. The Morgan fingerprint density at radius 3 is 2.52 bits per heavy atom. The fraction of sp³-hybridized carbons (Fsp3) is 0.762. The number of hydrogen-bond acceptors (Lipinski definition) is 2. The largest absolute Gasteiger partial charge is 0.481 e. The van der Waals surface area contributed by atoms with Crippen LogP contribution >= 0.6 is 0 Å². The standard InChI is InChI=1S/C21H38O3Si/c1-16(2)13-14-19-18(11-9-7-8-10-12-21(22)23)17(3)15-20(19)24-25(4,5)6/h7,9,13-14,16-20H,8,10-12,15H2,1-6H3,(H,22,23)/b9-7-,14-13?/t17-,18?,19+,20+/m0/s1. The quantitative estimate of drug-likeness (QED) is 0.298. The first-order chi connectivity index (χ1) is 11.6. The van der Waals surface area contributed by atoms with Crippen molar-refractivity contribution in [2.75, 3.05) is 0 Å². The lowest BCUT2D eigenvalue weighted by molar-refractivity contribution is -0.137. The van der Waals surface area contributed by atoms with Gasteiger partial charge in [-0.2, -0.15) is 0 Å². The Kier molecular flexibility index (Phi) is 9.15. The van der Waals surface area contributed by atoms with Crippen molar-refractivity contribution in [3.63, 3.8) is 0 Å². The minimum Gasteiger partial charge on any atom is -0.481 e. The van der Waals surface area contributed by atoms with Gasteiger partial charge in [0.05, 0.1) is 6.10 Å². The normalized spacial score (nSPS) is 27.8. The van der Waals surface area contributed by atoms with E-state index in [1.807, 2.05) is 0 Å². The number of carbonyl (C=O) groups is 1. The number of carboxylic acids is 1. The van der Waals surface area contributed by atoms with Crippen LogP contribution in [0.3, 0.4) is 0 Å². The van der Waals surface area contributed by atoms with Crippen LogP contribution in [0.5, 0.6) is 0 Å². The van der Waals surface area contributed by atoms with E-state index in [1.54, 1.807) is 0 Å². The second-order valence-electron chi connectivity index (χ2n) is 8.84. The molecule has 0 aromatic rings. The van der Waals surface area contributed by atoms with Crippen LogP contribution in [0, 0.1) is 23.7 Å². The molecule has 25 heavy (non-hydrogen) atoms. The second-order valence-corrected chi connectivity index (χ2v) is 13.3. The van der Waals surface area contributed by atoms with Gasteiger partial charge in [0, 0.05) is 12.3 Å². The molecule has 1 unspecified atom stereocenters. The number of carboxylic acid groups (broad SMARTS) is 1. The van der Waals surface area contributed by atoms with E-state index in [9.17, 15) is 4.79 Å². The number of hydrogen-bond donors (Lipinski definition) is 1. The van der Waals surface area contributed by atoms with Gasteiger partial charge in [-0.15, -0.1) is 0 Å². The maximum atomic E-state index is 10.6. The molecule has 4 atom stereocenters. The maximum absolute atomic E-state index is 10.6. The molecule has 0 bridgehead atoms. The van der Waals surface area contributed by atoms with Gasteiger partial charge < -0.3 is 9.53 Å². The molecule has 0 aromatic heterocycles. The molecule has 1 saturated carbocycles. The van der Waals surface area contributed by atoms with Gasteiger partial charge in [-0.25, -0.2) is 0 Å². The molecule has 0 amide bonds. The Morgan fingerprint density at radius 1 is 1.28 bits per heavy atom. The van der Waals surface area contributed by atoms with Gasteiger partial charge >= 0.3 is 5.97 Å². The van der Waals surface area contributed by atoms with E-state index in [1.165, 1.54) is 0 Å². The maximum Gasteiger partial charge on any atom is 0.303 e. The molecule has 1 rings (SSSR count). The molecule has 0 saturated heterocycles. The predicted octanol–water partition coefficient (Wildman–Crippen LogP) is 5.89. The molecule has 3 nitrogen and oxygen atoms in total. The summed E-state index contributed by atoms with van der Waals surface area (Å²) in [4.78, 5) is 10.6. The molecular formula is C21H38O3Si. The molecule has 0 radical (unpaired) electrons. The third-order valence-corrected chi connectivity index (χ3v) is 5.83. The third kappa shape index (κ3) is 8.86. The summed E-state index contributed by atoms with van der Waals surface area (Å²) in [5, 5.41) is 8.70. The summed E-state index contributed by atoms with van der Waals surface area (Å²) < 4.78 is 6.51. The Hall–Kier alpha value is -0.873. The van der Waals surface area contributed by atoms with E-state index in [0.29, 0.717) is 29.8 Å². The average molecular weight is 367 g/mol. The van der Waals surface area contributed by atoms with Crippen molar-refractivity contribution in [2.24, 2.45) is 23.7 Å². The molecule has 1 aliphatic carbocycles. The van der Waals surface area contributed by atoms with Gasteiger partial charge in [0.15, 0.2) is 8.32 Å². The van der Waals surface area contributed by atoms with E-state index >= 15 is 0 Å². The summed E-state index contributed by atoms with van der Waals surface area (Å²) in [6.07, 6.45) is 13.6. The van der Waals surface area contributed by atoms with E-state index in [0.717, 1.165) is 25.7 Å². The van der Waals surface area contributed by atoms with E-state index in [-0.39, 0.29) is 6.42 Å². The summed E-state index contributed by atoms with van der Waals surface area (Å²) in [5.41, 5.74) is 0. The fourth-order valence-electron chi connectivity index (χ4n) is 3.68. The van der Waals surface area contributed by atoms with Crippen LogP contribution in [0.25, 0.3) is 0 Å². The lowest BCUT2D eigenvalue weighted by Gasteiger charge is -2.28. The monoisotopic (exact) mass is 366 g/mol. The van der Waals surface area contributed by atoms with Gasteiger partial charge in [-0.1, -0.05) is 45.1 Å². The van der Waals surface area contributed by atoms with Crippen LogP contribution in [0.1, 0.15) is 52.9 Å². The van der Waals surface area contributed by atoms with E-state index < -0.39 is 14.3 Å². The van der Waals surface area contributed by atoms with Crippen molar-refractivity contribution in [3.05, 3.63) is 24.3 Å². The van der Waals surface area contributed by atoms with E-state index in [4.69, 9.17) is 9.53 Å². The zero-order valence-corrected chi connectivity index (χ0v) is 18.0. The minimum absolute atomic E-state index is 0.260. The highest BCUT2D eigenvalue weighted by Crippen LogP contribution is 2.43.